The van der Waals surface area contributed by atoms with E-state index in [0.717, 1.165) is 23.2 Å². The van der Waals surface area contributed by atoms with Gasteiger partial charge in [0, 0.05) is 37.6 Å². The summed E-state index contributed by atoms with van der Waals surface area (Å²) in [7, 11) is 0. The third-order valence-electron chi connectivity index (χ3n) is 5.46. The van der Waals surface area contributed by atoms with Crippen molar-refractivity contribution in [2.45, 2.75) is 32.9 Å². The molecule has 6 nitrogen and oxygen atoms in total. The third kappa shape index (κ3) is 4.27. The number of nitrogens with zero attached hydrogens (tertiary/aromatic N) is 3. The summed E-state index contributed by atoms with van der Waals surface area (Å²) in [6.07, 6.45) is 4.59. The number of esters is 1. The lowest BCUT2D eigenvalue weighted by atomic mass is 10.1. The van der Waals surface area contributed by atoms with Crippen LogP contribution < -0.4 is 4.90 Å². The van der Waals surface area contributed by atoms with Crippen LogP contribution in [0.4, 0.5) is 5.69 Å². The number of hydrogen-bond acceptors (Lipinski definition) is 4. The second-order valence-electron chi connectivity index (χ2n) is 7.45. The number of aryl methyl sites for hydroxylation is 1. The van der Waals surface area contributed by atoms with E-state index in [-0.39, 0.29) is 24.9 Å². The third-order valence-corrected chi connectivity index (χ3v) is 5.46. The molecule has 0 aliphatic carbocycles. The molecule has 1 fully saturated rings. The van der Waals surface area contributed by atoms with E-state index in [0.29, 0.717) is 18.9 Å². The highest BCUT2D eigenvalue weighted by Crippen LogP contribution is 2.29. The Labute approximate surface area is 176 Å². The maximum Gasteiger partial charge on any atom is 0.311 e. The number of carbonyl (C=O) groups excluding carboxylic acids is 2. The number of rotatable bonds is 7. The molecule has 2 heterocycles. The summed E-state index contributed by atoms with van der Waals surface area (Å²) < 4.78 is 7.50. The second kappa shape index (κ2) is 8.95. The van der Waals surface area contributed by atoms with Crippen LogP contribution in [0, 0.1) is 5.92 Å². The van der Waals surface area contributed by atoms with Crippen LogP contribution in [0.2, 0.25) is 0 Å². The number of amides is 1. The van der Waals surface area contributed by atoms with Crippen LogP contribution in [0.1, 0.15) is 30.3 Å². The van der Waals surface area contributed by atoms with E-state index < -0.39 is 5.92 Å². The molecule has 3 aromatic rings. The molecule has 0 bridgehead atoms. The van der Waals surface area contributed by atoms with E-state index in [9.17, 15) is 9.59 Å². The van der Waals surface area contributed by atoms with Crippen LogP contribution >= 0.6 is 0 Å². The molecule has 1 aliphatic rings. The molecule has 1 unspecified atom stereocenters. The molecule has 6 heteroatoms. The Morgan fingerprint density at radius 3 is 2.70 bits per heavy atom. The molecule has 1 saturated heterocycles. The van der Waals surface area contributed by atoms with E-state index in [2.05, 4.69) is 11.9 Å². The maximum atomic E-state index is 12.6. The first-order chi connectivity index (χ1) is 14.7. The van der Waals surface area contributed by atoms with Crippen LogP contribution in [0.15, 0.2) is 67.0 Å². The molecule has 1 aliphatic heterocycles. The largest absolute Gasteiger partial charge is 0.457 e. The summed E-state index contributed by atoms with van der Waals surface area (Å²) in [5.74, 6) is -0.165. The summed E-state index contributed by atoms with van der Waals surface area (Å²) in [6.45, 7) is 3.17. The number of carbonyl (C=O) groups is 2. The van der Waals surface area contributed by atoms with Crippen molar-refractivity contribution < 1.29 is 14.3 Å². The highest BCUT2D eigenvalue weighted by molar-refractivity contribution is 6.00. The lowest BCUT2D eigenvalue weighted by molar-refractivity contribution is -0.150. The molecule has 2 aromatic carbocycles. The van der Waals surface area contributed by atoms with Gasteiger partial charge in [-0.1, -0.05) is 55.5 Å². The number of aromatic nitrogens is 2. The Kier molecular flexibility index (Phi) is 5.93. The zero-order chi connectivity index (χ0) is 20.9. The predicted octanol–water partition coefficient (Wildman–Crippen LogP) is 3.59. The van der Waals surface area contributed by atoms with E-state index in [1.807, 2.05) is 65.4 Å². The molecule has 0 radical (unpaired) electrons. The Balaban J connectivity index is 1.38. The summed E-state index contributed by atoms with van der Waals surface area (Å²) in [6, 6.07) is 17.9. The highest BCUT2D eigenvalue weighted by Gasteiger charge is 2.36. The minimum atomic E-state index is -0.458. The van der Waals surface area contributed by atoms with Gasteiger partial charge in [-0.15, -0.1) is 0 Å². The van der Waals surface area contributed by atoms with Crippen molar-refractivity contribution in [2.75, 3.05) is 11.4 Å². The fourth-order valence-electron chi connectivity index (χ4n) is 3.83. The molecule has 1 atom stereocenters. The van der Waals surface area contributed by atoms with Crippen molar-refractivity contribution >= 4 is 17.6 Å². The average molecular weight is 403 g/mol. The molecular weight excluding hydrogens is 378 g/mol. The van der Waals surface area contributed by atoms with Gasteiger partial charge in [-0.3, -0.25) is 9.59 Å². The van der Waals surface area contributed by atoms with E-state index in [4.69, 9.17) is 4.74 Å². The zero-order valence-electron chi connectivity index (χ0n) is 17.0. The zero-order valence-corrected chi connectivity index (χ0v) is 17.0. The van der Waals surface area contributed by atoms with E-state index in [1.165, 1.54) is 0 Å². The van der Waals surface area contributed by atoms with Gasteiger partial charge < -0.3 is 14.2 Å². The lowest BCUT2D eigenvalue weighted by Crippen LogP contribution is -2.27. The van der Waals surface area contributed by atoms with Crippen molar-refractivity contribution in [1.29, 1.82) is 0 Å². The van der Waals surface area contributed by atoms with Crippen LogP contribution in [-0.2, 0) is 33.9 Å². The van der Waals surface area contributed by atoms with Gasteiger partial charge in [0.1, 0.15) is 12.4 Å². The van der Waals surface area contributed by atoms with Crippen molar-refractivity contribution in [3.05, 3.63) is 83.9 Å². The fraction of sp³-hybridized carbons (Fsp3) is 0.292. The minimum absolute atomic E-state index is 0.0385. The fourth-order valence-corrected chi connectivity index (χ4v) is 3.83. The maximum absolute atomic E-state index is 12.6. The molecule has 0 N–H and O–H groups in total. The number of anilines is 1. The average Bonchev–Trinajstić information content (AvgIpc) is 3.39. The molecule has 1 aromatic heterocycles. The topological polar surface area (TPSA) is 64.4 Å². The van der Waals surface area contributed by atoms with E-state index in [1.54, 1.807) is 11.1 Å². The second-order valence-corrected chi connectivity index (χ2v) is 7.45. The molecule has 4 rings (SSSR count). The van der Waals surface area contributed by atoms with Gasteiger partial charge in [0.2, 0.25) is 5.91 Å². The van der Waals surface area contributed by atoms with Crippen LogP contribution in [0.25, 0.3) is 0 Å². The van der Waals surface area contributed by atoms with Gasteiger partial charge in [-0.2, -0.15) is 0 Å². The van der Waals surface area contributed by atoms with Crippen molar-refractivity contribution in [3.8, 4) is 0 Å². The number of imidazole rings is 1. The summed E-state index contributed by atoms with van der Waals surface area (Å²) in [4.78, 5) is 31.2. The summed E-state index contributed by atoms with van der Waals surface area (Å²) >= 11 is 0. The first kappa shape index (κ1) is 19.9. The van der Waals surface area contributed by atoms with Crippen LogP contribution in [0.3, 0.4) is 0 Å². The summed E-state index contributed by atoms with van der Waals surface area (Å²) in [5, 5.41) is 0. The van der Waals surface area contributed by atoms with Crippen molar-refractivity contribution in [1.82, 2.24) is 9.55 Å². The van der Waals surface area contributed by atoms with Crippen LogP contribution in [-0.4, -0.2) is 28.0 Å². The lowest BCUT2D eigenvalue weighted by Gasteiger charge is -2.19. The van der Waals surface area contributed by atoms with Crippen molar-refractivity contribution in [2.24, 2.45) is 5.92 Å². The number of para-hydroxylation sites is 1. The standard InChI is InChI=1S/C24H25N3O3/c1-2-19-10-6-7-11-21(19)27-16-20(14-23(27)28)24(29)30-17-22-25-12-13-26(22)15-18-8-4-3-5-9-18/h3-13,20H,2,14-17H2,1H3. The Morgan fingerprint density at radius 1 is 1.13 bits per heavy atom. The van der Waals surface area contributed by atoms with Gasteiger partial charge >= 0.3 is 5.97 Å². The van der Waals surface area contributed by atoms with Gasteiger partial charge in [-0.05, 0) is 23.6 Å². The van der Waals surface area contributed by atoms with Crippen LogP contribution in [0.5, 0.6) is 0 Å². The van der Waals surface area contributed by atoms with Gasteiger partial charge in [-0.25, -0.2) is 4.98 Å². The number of ether oxygens (including phenoxy) is 1. The van der Waals surface area contributed by atoms with Crippen molar-refractivity contribution in [3.63, 3.8) is 0 Å². The monoisotopic (exact) mass is 403 g/mol. The SMILES string of the molecule is CCc1ccccc1N1CC(C(=O)OCc2nccn2Cc2ccccc2)CC1=O. The molecule has 154 valence electrons. The molecule has 30 heavy (non-hydrogen) atoms. The molecule has 1 amide bonds. The molecular formula is C24H25N3O3. The Bertz CT molecular complexity index is 1030. The van der Waals surface area contributed by atoms with Gasteiger partial charge in [0.25, 0.3) is 0 Å². The number of hydrogen-bond donors (Lipinski definition) is 0. The predicted molar refractivity (Wildman–Crippen MR) is 114 cm³/mol. The van der Waals surface area contributed by atoms with E-state index >= 15 is 0 Å². The highest BCUT2D eigenvalue weighted by atomic mass is 16.5. The van der Waals surface area contributed by atoms with Gasteiger partial charge in [0.05, 0.1) is 5.92 Å². The summed E-state index contributed by atoms with van der Waals surface area (Å²) in [5.41, 5.74) is 3.14. The minimum Gasteiger partial charge on any atom is -0.457 e. The molecule has 0 spiro atoms. The first-order valence-corrected chi connectivity index (χ1v) is 10.2. The number of benzene rings is 2. The van der Waals surface area contributed by atoms with Gasteiger partial charge in [0.15, 0.2) is 0 Å². The Morgan fingerprint density at radius 2 is 1.90 bits per heavy atom. The normalized spacial score (nSPS) is 16.1. The smallest absolute Gasteiger partial charge is 0.311 e. The Hall–Kier alpha value is -3.41. The first-order valence-electron chi connectivity index (χ1n) is 10.2. The quantitative estimate of drug-likeness (QED) is 0.566. The molecule has 0 saturated carbocycles.